The number of anilines is 1. The number of nitrogens with zero attached hydrogens (tertiary/aromatic N) is 4. The van der Waals surface area contributed by atoms with E-state index in [2.05, 4.69) is 15.6 Å². The van der Waals surface area contributed by atoms with E-state index in [1.165, 1.54) is 0 Å². The van der Waals surface area contributed by atoms with Crippen LogP contribution >= 0.6 is 0 Å². The van der Waals surface area contributed by atoms with Crippen LogP contribution in [0.2, 0.25) is 0 Å². The summed E-state index contributed by atoms with van der Waals surface area (Å²) in [6, 6.07) is 15.9. The molecule has 0 bridgehead atoms. The number of aromatic nitrogens is 2. The van der Waals surface area contributed by atoms with Gasteiger partial charge in [0.05, 0.1) is 29.5 Å². The Morgan fingerprint density at radius 3 is 2.63 bits per heavy atom. The van der Waals surface area contributed by atoms with Crippen molar-refractivity contribution in [2.75, 3.05) is 32.1 Å². The van der Waals surface area contributed by atoms with Gasteiger partial charge >= 0.3 is 0 Å². The predicted octanol–water partition coefficient (Wildman–Crippen LogP) is 3.19. The largest absolute Gasteiger partial charge is 0.391 e. The maximum atomic E-state index is 13.2. The van der Waals surface area contributed by atoms with Crippen molar-refractivity contribution in [3.8, 4) is 0 Å². The molecule has 1 amide bonds. The summed E-state index contributed by atoms with van der Waals surface area (Å²) in [7, 11) is 3.96. The molecular weight excluding hydrogens is 376 g/mol. The zero-order valence-electron chi connectivity index (χ0n) is 17.5. The van der Waals surface area contributed by atoms with E-state index >= 15 is 0 Å². The van der Waals surface area contributed by atoms with Crippen molar-refractivity contribution < 1.29 is 9.90 Å². The minimum Gasteiger partial charge on any atom is -0.391 e. The van der Waals surface area contributed by atoms with Crippen LogP contribution in [0.1, 0.15) is 29.2 Å². The highest BCUT2D eigenvalue weighted by Gasteiger charge is 2.43. The Morgan fingerprint density at radius 1 is 1.07 bits per heavy atom. The normalized spacial score (nSPS) is 26.0. The molecule has 6 heteroatoms. The Balaban J connectivity index is 1.34. The second-order valence-corrected chi connectivity index (χ2v) is 8.92. The third kappa shape index (κ3) is 3.25. The Labute approximate surface area is 176 Å². The fraction of sp³-hybridized carbons (Fsp3) is 0.417. The second-order valence-electron chi connectivity index (χ2n) is 8.92. The van der Waals surface area contributed by atoms with Crippen molar-refractivity contribution in [2.24, 2.45) is 11.8 Å². The van der Waals surface area contributed by atoms with Crippen LogP contribution in [-0.4, -0.2) is 58.8 Å². The van der Waals surface area contributed by atoms with Crippen LogP contribution in [0.25, 0.3) is 11.0 Å². The van der Waals surface area contributed by atoms with Crippen LogP contribution in [0, 0.1) is 11.8 Å². The van der Waals surface area contributed by atoms with Gasteiger partial charge in [-0.15, -0.1) is 0 Å². The SMILES string of the molecule is CN(C)c1cccc(C(=O)N2C[C@H]3C[C@@H](n4cnc5ccccc54)[C@H](O)C[C@H]3C2)c1. The van der Waals surface area contributed by atoms with Gasteiger partial charge in [0.25, 0.3) is 5.91 Å². The molecule has 1 N–H and O–H groups in total. The molecule has 0 unspecified atom stereocenters. The Hall–Kier alpha value is -2.86. The van der Waals surface area contributed by atoms with Gasteiger partial charge in [0, 0.05) is 38.4 Å². The van der Waals surface area contributed by atoms with E-state index in [1.807, 2.05) is 72.7 Å². The van der Waals surface area contributed by atoms with E-state index in [0.717, 1.165) is 48.2 Å². The summed E-state index contributed by atoms with van der Waals surface area (Å²) in [5, 5.41) is 10.9. The van der Waals surface area contributed by atoms with Gasteiger partial charge in [-0.05, 0) is 55.0 Å². The van der Waals surface area contributed by atoms with Crippen molar-refractivity contribution in [3.63, 3.8) is 0 Å². The van der Waals surface area contributed by atoms with Crippen LogP contribution in [0.5, 0.6) is 0 Å². The van der Waals surface area contributed by atoms with Gasteiger partial charge < -0.3 is 19.5 Å². The molecule has 30 heavy (non-hydrogen) atoms. The predicted molar refractivity (Wildman–Crippen MR) is 118 cm³/mol. The number of hydrogen-bond donors (Lipinski definition) is 1. The van der Waals surface area contributed by atoms with Gasteiger partial charge in [-0.3, -0.25) is 4.79 Å². The Kier molecular flexibility index (Phi) is 4.74. The monoisotopic (exact) mass is 404 g/mol. The number of imidazole rings is 1. The first-order valence-corrected chi connectivity index (χ1v) is 10.7. The van der Waals surface area contributed by atoms with Gasteiger partial charge in [-0.1, -0.05) is 18.2 Å². The van der Waals surface area contributed by atoms with E-state index in [0.29, 0.717) is 11.8 Å². The van der Waals surface area contributed by atoms with Gasteiger partial charge in [-0.25, -0.2) is 4.98 Å². The number of carbonyl (C=O) groups excluding carboxylic acids is 1. The number of carbonyl (C=O) groups is 1. The van der Waals surface area contributed by atoms with Crippen LogP contribution < -0.4 is 4.90 Å². The molecule has 1 aliphatic heterocycles. The first kappa shape index (κ1) is 19.1. The molecular formula is C24H28N4O2. The quantitative estimate of drug-likeness (QED) is 0.728. The zero-order valence-corrected chi connectivity index (χ0v) is 17.5. The average molecular weight is 405 g/mol. The zero-order chi connectivity index (χ0) is 20.8. The summed E-state index contributed by atoms with van der Waals surface area (Å²) in [5.74, 6) is 0.847. The molecule has 0 spiro atoms. The average Bonchev–Trinajstić information content (AvgIpc) is 3.36. The Bertz CT molecular complexity index is 1080. The lowest BCUT2D eigenvalue weighted by Crippen LogP contribution is -2.36. The molecule has 2 aromatic carbocycles. The number of likely N-dealkylation sites (tertiary alicyclic amines) is 1. The molecule has 2 fully saturated rings. The summed E-state index contributed by atoms with van der Waals surface area (Å²) in [5.41, 5.74) is 3.78. The number of amides is 1. The molecule has 0 radical (unpaired) electrons. The third-order valence-corrected chi connectivity index (χ3v) is 6.84. The number of benzene rings is 2. The first-order chi connectivity index (χ1) is 14.5. The molecule has 6 nitrogen and oxygen atoms in total. The van der Waals surface area contributed by atoms with Crippen LogP contribution in [0.3, 0.4) is 0 Å². The highest BCUT2D eigenvalue weighted by molar-refractivity contribution is 5.95. The number of fused-ring (bicyclic) bond motifs is 2. The number of rotatable bonds is 3. The minimum absolute atomic E-state index is 0.00534. The standard InChI is InChI=1S/C24H28N4O2/c1-26(2)19-7-5-6-16(10-19)24(30)27-13-17-11-22(23(29)12-18(17)14-27)28-15-25-20-8-3-4-9-21(20)28/h3-10,15,17-18,22-23,29H,11-14H2,1-2H3/t17-,18+,22-,23-/m1/s1. The van der Waals surface area contributed by atoms with Crippen molar-refractivity contribution in [2.45, 2.75) is 25.0 Å². The fourth-order valence-electron chi connectivity index (χ4n) is 5.21. The summed E-state index contributed by atoms with van der Waals surface area (Å²) < 4.78 is 2.13. The van der Waals surface area contributed by atoms with Crippen LogP contribution in [-0.2, 0) is 0 Å². The number of hydrogen-bond acceptors (Lipinski definition) is 4. The lowest BCUT2D eigenvalue weighted by Gasteiger charge is -2.36. The number of aliphatic hydroxyl groups excluding tert-OH is 1. The maximum absolute atomic E-state index is 13.2. The van der Waals surface area contributed by atoms with Crippen LogP contribution in [0.4, 0.5) is 5.69 Å². The highest BCUT2D eigenvalue weighted by Crippen LogP contribution is 2.42. The molecule has 1 saturated carbocycles. The molecule has 2 heterocycles. The van der Waals surface area contributed by atoms with Gasteiger partial charge in [0.1, 0.15) is 0 Å². The fourth-order valence-corrected chi connectivity index (χ4v) is 5.21. The Morgan fingerprint density at radius 2 is 1.83 bits per heavy atom. The van der Waals surface area contributed by atoms with Crippen LogP contribution in [0.15, 0.2) is 54.9 Å². The molecule has 1 aromatic heterocycles. The van der Waals surface area contributed by atoms with E-state index in [4.69, 9.17) is 0 Å². The van der Waals surface area contributed by atoms with E-state index in [-0.39, 0.29) is 11.9 Å². The number of para-hydroxylation sites is 2. The highest BCUT2D eigenvalue weighted by atomic mass is 16.3. The lowest BCUT2D eigenvalue weighted by atomic mass is 9.77. The summed E-state index contributed by atoms with van der Waals surface area (Å²) in [6.45, 7) is 1.48. The van der Waals surface area contributed by atoms with E-state index < -0.39 is 6.10 Å². The minimum atomic E-state index is -0.420. The first-order valence-electron chi connectivity index (χ1n) is 10.7. The van der Waals surface area contributed by atoms with E-state index in [9.17, 15) is 9.90 Å². The second kappa shape index (κ2) is 7.43. The van der Waals surface area contributed by atoms with Gasteiger partial charge in [0.2, 0.25) is 0 Å². The van der Waals surface area contributed by atoms with E-state index in [1.54, 1.807) is 0 Å². The maximum Gasteiger partial charge on any atom is 0.253 e. The molecule has 2 aliphatic rings. The van der Waals surface area contributed by atoms with Crippen molar-refractivity contribution in [3.05, 3.63) is 60.4 Å². The van der Waals surface area contributed by atoms with Crippen molar-refractivity contribution in [1.82, 2.24) is 14.5 Å². The van der Waals surface area contributed by atoms with Crippen molar-refractivity contribution in [1.29, 1.82) is 0 Å². The molecule has 5 rings (SSSR count). The smallest absolute Gasteiger partial charge is 0.253 e. The third-order valence-electron chi connectivity index (χ3n) is 6.84. The molecule has 1 aliphatic carbocycles. The summed E-state index contributed by atoms with van der Waals surface area (Å²) in [6.07, 6.45) is 3.02. The molecule has 1 saturated heterocycles. The van der Waals surface area contributed by atoms with Crippen molar-refractivity contribution >= 4 is 22.6 Å². The molecule has 156 valence electrons. The summed E-state index contributed by atoms with van der Waals surface area (Å²) >= 11 is 0. The lowest BCUT2D eigenvalue weighted by molar-refractivity contribution is 0.0374. The topological polar surface area (TPSA) is 61.6 Å². The number of aliphatic hydroxyl groups is 1. The van der Waals surface area contributed by atoms with Gasteiger partial charge in [0.15, 0.2) is 0 Å². The summed E-state index contributed by atoms with van der Waals surface area (Å²) in [4.78, 5) is 21.7. The molecule has 3 aromatic rings. The molecule has 4 atom stereocenters. The van der Waals surface area contributed by atoms with Gasteiger partial charge in [-0.2, -0.15) is 0 Å².